The maximum absolute atomic E-state index is 13.2. The molecule has 0 saturated heterocycles. The Labute approximate surface area is 108 Å². The minimum absolute atomic E-state index is 0.120. The van der Waals surface area contributed by atoms with Gasteiger partial charge < -0.3 is 9.87 Å². The normalized spacial score (nSPS) is 15.3. The molecule has 6 heteroatoms. The monoisotopic (exact) mass is 277 g/mol. The van der Waals surface area contributed by atoms with Gasteiger partial charge in [0.1, 0.15) is 5.75 Å². The largest absolute Gasteiger partial charge is 0.308 e. The molecular formula is C12H17F2NO2S. The molecule has 3 nitrogen and oxygen atoms in total. The van der Waals surface area contributed by atoms with E-state index in [1.54, 1.807) is 6.92 Å². The van der Waals surface area contributed by atoms with Gasteiger partial charge in [-0.15, -0.1) is 0 Å². The Balaban J connectivity index is 2.37. The van der Waals surface area contributed by atoms with Crippen molar-refractivity contribution in [1.82, 2.24) is 5.32 Å². The highest BCUT2D eigenvalue weighted by atomic mass is 32.2. The maximum atomic E-state index is 13.2. The Hall–Kier alpha value is -0.850. The van der Waals surface area contributed by atoms with Crippen molar-refractivity contribution in [3.05, 3.63) is 35.9 Å². The molecule has 0 fully saturated rings. The highest BCUT2D eigenvalue weighted by Gasteiger charge is 2.31. The van der Waals surface area contributed by atoms with Crippen LogP contribution in [0, 0.1) is 0 Å². The number of rotatable bonds is 7. The van der Waals surface area contributed by atoms with E-state index in [1.807, 2.05) is 30.3 Å². The summed E-state index contributed by atoms with van der Waals surface area (Å²) in [6, 6.07) is 9.42. The lowest BCUT2D eigenvalue weighted by atomic mass is 10.1. The predicted octanol–water partition coefficient (Wildman–Crippen LogP) is 2.06. The lowest BCUT2D eigenvalue weighted by Gasteiger charge is -2.19. The molecule has 2 unspecified atom stereocenters. The van der Waals surface area contributed by atoms with Crippen molar-refractivity contribution in [3.63, 3.8) is 0 Å². The fraction of sp³-hybridized carbons (Fsp3) is 0.500. The molecule has 0 heterocycles. The van der Waals surface area contributed by atoms with E-state index >= 15 is 0 Å². The number of benzene rings is 1. The summed E-state index contributed by atoms with van der Waals surface area (Å²) < 4.78 is 45.1. The van der Waals surface area contributed by atoms with Crippen molar-refractivity contribution >= 4 is 11.1 Å². The maximum Gasteiger partial charge on any atom is 0.273 e. The Kier molecular flexibility index (Phi) is 5.84. The molecule has 2 N–H and O–H groups in total. The van der Waals surface area contributed by atoms with E-state index in [4.69, 9.17) is 4.55 Å². The van der Waals surface area contributed by atoms with Crippen molar-refractivity contribution in [2.24, 2.45) is 0 Å². The van der Waals surface area contributed by atoms with Gasteiger partial charge >= 0.3 is 0 Å². The number of halogens is 2. The average molecular weight is 277 g/mol. The molecule has 0 aromatic heterocycles. The van der Waals surface area contributed by atoms with Gasteiger partial charge in [0.15, 0.2) is 11.1 Å². The van der Waals surface area contributed by atoms with E-state index in [0.29, 0.717) is 6.42 Å². The van der Waals surface area contributed by atoms with Crippen molar-refractivity contribution in [3.8, 4) is 0 Å². The molecule has 18 heavy (non-hydrogen) atoms. The first-order chi connectivity index (χ1) is 8.39. The second kappa shape index (κ2) is 6.92. The van der Waals surface area contributed by atoms with Gasteiger partial charge in [-0.1, -0.05) is 30.3 Å². The Morgan fingerprint density at radius 2 is 2.00 bits per heavy atom. The van der Waals surface area contributed by atoms with Crippen molar-refractivity contribution < 1.29 is 17.5 Å². The second-order valence-electron chi connectivity index (χ2n) is 4.29. The molecule has 0 amide bonds. The van der Waals surface area contributed by atoms with Crippen LogP contribution in [0.3, 0.4) is 0 Å². The molecule has 1 aromatic rings. The van der Waals surface area contributed by atoms with Gasteiger partial charge in [-0.2, -0.15) is 0 Å². The first kappa shape index (κ1) is 15.2. The van der Waals surface area contributed by atoms with E-state index in [0.717, 1.165) is 5.56 Å². The summed E-state index contributed by atoms with van der Waals surface area (Å²) in [6.45, 7) is 1.21. The highest BCUT2D eigenvalue weighted by Crippen LogP contribution is 2.13. The van der Waals surface area contributed by atoms with Gasteiger partial charge in [-0.05, 0) is 18.9 Å². The van der Waals surface area contributed by atoms with E-state index in [9.17, 15) is 13.0 Å². The molecule has 1 aromatic carbocycles. The number of hydrogen-bond donors (Lipinski definition) is 2. The molecule has 0 aliphatic rings. The summed E-state index contributed by atoms with van der Waals surface area (Å²) in [7, 11) is 0. The van der Waals surface area contributed by atoms with Crippen LogP contribution >= 0.6 is 0 Å². The third-order valence-corrected chi connectivity index (χ3v) is 3.10. The zero-order valence-corrected chi connectivity index (χ0v) is 10.9. The van der Waals surface area contributed by atoms with E-state index in [1.165, 1.54) is 0 Å². The summed E-state index contributed by atoms with van der Waals surface area (Å²) in [4.78, 5) is 0. The fourth-order valence-electron chi connectivity index (χ4n) is 1.60. The van der Waals surface area contributed by atoms with Crippen LogP contribution in [-0.4, -0.2) is 33.0 Å². The number of hydrogen-bond acceptors (Lipinski definition) is 2. The van der Waals surface area contributed by atoms with Gasteiger partial charge in [-0.3, -0.25) is 0 Å². The molecule has 0 bridgehead atoms. The molecule has 0 spiro atoms. The van der Waals surface area contributed by atoms with Crippen LogP contribution in [0.15, 0.2) is 30.3 Å². The van der Waals surface area contributed by atoms with Gasteiger partial charge in [0, 0.05) is 6.04 Å². The third-order valence-electron chi connectivity index (χ3n) is 2.43. The quantitative estimate of drug-likeness (QED) is 0.750. The van der Waals surface area contributed by atoms with E-state index in [-0.39, 0.29) is 6.04 Å². The standard InChI is InChI=1S/C12H17F2NO2S/c1-10(7-11-5-3-2-4-6-11)15-8-12(13,14)9-18(16)17/h2-6,10,15H,7-9H2,1H3,(H,16,17). The molecule has 2 atom stereocenters. The van der Waals surface area contributed by atoms with Gasteiger partial charge in [-0.25, -0.2) is 13.0 Å². The lowest BCUT2D eigenvalue weighted by Crippen LogP contribution is -2.41. The summed E-state index contributed by atoms with van der Waals surface area (Å²) in [5.41, 5.74) is 1.06. The second-order valence-corrected chi connectivity index (χ2v) is 5.23. The van der Waals surface area contributed by atoms with E-state index < -0.39 is 29.3 Å². The molecule has 0 radical (unpaired) electrons. The Morgan fingerprint density at radius 3 is 2.56 bits per heavy atom. The topological polar surface area (TPSA) is 49.3 Å². The summed E-state index contributed by atoms with van der Waals surface area (Å²) >= 11 is -2.48. The van der Waals surface area contributed by atoms with E-state index in [2.05, 4.69) is 5.32 Å². The van der Waals surface area contributed by atoms with Crippen LogP contribution in [0.1, 0.15) is 12.5 Å². The van der Waals surface area contributed by atoms with Crippen LogP contribution in [0.4, 0.5) is 8.78 Å². The lowest BCUT2D eigenvalue weighted by molar-refractivity contribution is 0.0237. The molecule has 102 valence electrons. The first-order valence-corrected chi connectivity index (χ1v) is 6.89. The minimum Gasteiger partial charge on any atom is -0.308 e. The van der Waals surface area contributed by atoms with Crippen LogP contribution in [-0.2, 0) is 17.5 Å². The summed E-state index contributed by atoms with van der Waals surface area (Å²) in [5.74, 6) is -4.19. The molecule has 0 aliphatic carbocycles. The predicted molar refractivity (Wildman–Crippen MR) is 68.2 cm³/mol. The number of nitrogens with one attached hydrogen (secondary N) is 1. The van der Waals surface area contributed by atoms with Crippen LogP contribution in [0.5, 0.6) is 0 Å². The molecule has 0 saturated carbocycles. The molecule has 0 aliphatic heterocycles. The van der Waals surface area contributed by atoms with Crippen molar-refractivity contribution in [1.29, 1.82) is 0 Å². The zero-order valence-electron chi connectivity index (χ0n) is 10.1. The zero-order chi connectivity index (χ0) is 13.6. The SMILES string of the molecule is CC(Cc1ccccc1)NCC(F)(F)CS(=O)O. The summed E-state index contributed by atoms with van der Waals surface area (Å²) in [5, 5.41) is 2.68. The van der Waals surface area contributed by atoms with Crippen LogP contribution < -0.4 is 5.32 Å². The van der Waals surface area contributed by atoms with Crippen LogP contribution in [0.2, 0.25) is 0 Å². The Morgan fingerprint density at radius 1 is 1.39 bits per heavy atom. The fourth-order valence-corrected chi connectivity index (χ4v) is 2.06. The summed E-state index contributed by atoms with van der Waals surface area (Å²) in [6.07, 6.45) is 0.638. The minimum atomic E-state index is -3.16. The first-order valence-electron chi connectivity index (χ1n) is 5.62. The Bertz CT molecular complexity index is 387. The van der Waals surface area contributed by atoms with Gasteiger partial charge in [0.2, 0.25) is 0 Å². The number of alkyl halides is 2. The molecule has 1 rings (SSSR count). The third kappa shape index (κ3) is 6.18. The van der Waals surface area contributed by atoms with Crippen LogP contribution in [0.25, 0.3) is 0 Å². The van der Waals surface area contributed by atoms with Gasteiger partial charge in [0.25, 0.3) is 5.92 Å². The van der Waals surface area contributed by atoms with Crippen molar-refractivity contribution in [2.75, 3.05) is 12.3 Å². The molecular weight excluding hydrogens is 260 g/mol. The van der Waals surface area contributed by atoms with Crippen molar-refractivity contribution in [2.45, 2.75) is 25.3 Å². The smallest absolute Gasteiger partial charge is 0.273 e. The highest BCUT2D eigenvalue weighted by molar-refractivity contribution is 7.79. The van der Waals surface area contributed by atoms with Gasteiger partial charge in [0.05, 0.1) is 6.54 Å². The average Bonchev–Trinajstić information content (AvgIpc) is 2.26.